The monoisotopic (exact) mass is 235 g/mol. The Balaban J connectivity index is 1.85. The minimum atomic E-state index is 0.281. The van der Waals surface area contributed by atoms with Crippen molar-refractivity contribution in [2.24, 2.45) is 18.2 Å². The minimum Gasteiger partial charge on any atom is -0.388 e. The molecule has 0 amide bonds. The smallest absolute Gasteiger partial charge is 0.0911 e. The number of hydrogen-bond acceptors (Lipinski definition) is 3. The van der Waals surface area contributed by atoms with Gasteiger partial charge in [0.1, 0.15) is 0 Å². The van der Waals surface area contributed by atoms with Crippen LogP contribution in [0.1, 0.15) is 24.8 Å². The molecule has 5 heteroatoms. The van der Waals surface area contributed by atoms with Gasteiger partial charge in [-0.2, -0.15) is 5.10 Å². The van der Waals surface area contributed by atoms with Crippen LogP contribution in [0.3, 0.4) is 0 Å². The predicted molar refractivity (Wildman–Crippen MR) is 67.7 cm³/mol. The van der Waals surface area contributed by atoms with Gasteiger partial charge >= 0.3 is 0 Å². The lowest BCUT2D eigenvalue weighted by Gasteiger charge is -2.22. The van der Waals surface area contributed by atoms with Gasteiger partial charge in [-0.1, -0.05) is 0 Å². The molecule has 1 heterocycles. The zero-order valence-electron chi connectivity index (χ0n) is 10.6. The Hall–Kier alpha value is -1.36. The standard InChI is InChI=1S/C12H21N5/c1-16(7-10-6-15-17(2)8-10)9-12(3-4-12)5-11(13)14/h6,8H,3-5,7,9H2,1-2H3,(H3,13,14). The molecule has 1 aromatic rings. The fourth-order valence-electron chi connectivity index (χ4n) is 2.47. The molecule has 1 aliphatic carbocycles. The van der Waals surface area contributed by atoms with Crippen LogP contribution in [0.4, 0.5) is 0 Å². The van der Waals surface area contributed by atoms with Gasteiger partial charge in [-0.25, -0.2) is 0 Å². The van der Waals surface area contributed by atoms with Crippen LogP contribution in [0.5, 0.6) is 0 Å². The van der Waals surface area contributed by atoms with Crippen molar-refractivity contribution in [3.8, 4) is 0 Å². The molecule has 0 unspecified atom stereocenters. The topological polar surface area (TPSA) is 70.9 Å². The van der Waals surface area contributed by atoms with Crippen molar-refractivity contribution in [2.75, 3.05) is 13.6 Å². The third kappa shape index (κ3) is 3.30. The third-order valence-corrected chi connectivity index (χ3v) is 3.34. The van der Waals surface area contributed by atoms with Gasteiger partial charge in [-0.15, -0.1) is 0 Å². The number of rotatable bonds is 6. The molecule has 0 aromatic carbocycles. The van der Waals surface area contributed by atoms with Crippen molar-refractivity contribution in [3.63, 3.8) is 0 Å². The van der Waals surface area contributed by atoms with Crippen LogP contribution in [0.2, 0.25) is 0 Å². The average molecular weight is 235 g/mol. The summed E-state index contributed by atoms with van der Waals surface area (Å²) in [5, 5.41) is 11.6. The van der Waals surface area contributed by atoms with E-state index in [0.717, 1.165) is 19.5 Å². The van der Waals surface area contributed by atoms with Crippen LogP contribution >= 0.6 is 0 Å². The second-order valence-electron chi connectivity index (χ2n) is 5.40. The van der Waals surface area contributed by atoms with Crippen molar-refractivity contribution in [1.82, 2.24) is 14.7 Å². The Morgan fingerprint density at radius 3 is 2.82 bits per heavy atom. The number of nitrogens with one attached hydrogen (secondary N) is 1. The summed E-state index contributed by atoms with van der Waals surface area (Å²) in [5.41, 5.74) is 7.01. The molecule has 94 valence electrons. The molecule has 3 N–H and O–H groups in total. The molecular formula is C12H21N5. The maximum atomic E-state index is 7.40. The Morgan fingerprint density at radius 1 is 1.65 bits per heavy atom. The van der Waals surface area contributed by atoms with E-state index in [1.165, 1.54) is 18.4 Å². The van der Waals surface area contributed by atoms with E-state index in [1.54, 1.807) is 0 Å². The number of aromatic nitrogens is 2. The van der Waals surface area contributed by atoms with E-state index in [4.69, 9.17) is 11.1 Å². The molecule has 0 bridgehead atoms. The van der Waals surface area contributed by atoms with Gasteiger partial charge in [0.15, 0.2) is 0 Å². The molecular weight excluding hydrogens is 214 g/mol. The molecule has 0 atom stereocenters. The number of nitrogens with zero attached hydrogens (tertiary/aromatic N) is 3. The zero-order chi connectivity index (χ0) is 12.5. The number of hydrogen-bond donors (Lipinski definition) is 2. The first kappa shape index (κ1) is 12.1. The van der Waals surface area contributed by atoms with Crippen molar-refractivity contribution in [3.05, 3.63) is 18.0 Å². The lowest BCUT2D eigenvalue weighted by Crippen LogP contribution is -2.29. The quantitative estimate of drug-likeness (QED) is 0.570. The highest BCUT2D eigenvalue weighted by Gasteiger charge is 2.43. The van der Waals surface area contributed by atoms with Crippen molar-refractivity contribution in [1.29, 1.82) is 5.41 Å². The van der Waals surface area contributed by atoms with Crippen LogP contribution in [0.25, 0.3) is 0 Å². The highest BCUT2D eigenvalue weighted by molar-refractivity contribution is 5.78. The van der Waals surface area contributed by atoms with Crippen molar-refractivity contribution >= 4 is 5.84 Å². The summed E-state index contributed by atoms with van der Waals surface area (Å²) < 4.78 is 1.83. The lowest BCUT2D eigenvalue weighted by molar-refractivity contribution is 0.259. The van der Waals surface area contributed by atoms with Crippen LogP contribution < -0.4 is 5.73 Å². The van der Waals surface area contributed by atoms with Gasteiger partial charge < -0.3 is 10.6 Å². The molecule has 0 saturated heterocycles. The second kappa shape index (κ2) is 4.49. The van der Waals surface area contributed by atoms with Crippen LogP contribution in [0.15, 0.2) is 12.4 Å². The van der Waals surface area contributed by atoms with Gasteiger partial charge in [0, 0.05) is 38.3 Å². The van der Waals surface area contributed by atoms with Gasteiger partial charge in [-0.05, 0) is 25.3 Å². The minimum absolute atomic E-state index is 0.281. The Bertz CT molecular complexity index is 405. The third-order valence-electron chi connectivity index (χ3n) is 3.34. The molecule has 0 aliphatic heterocycles. The maximum absolute atomic E-state index is 7.40. The van der Waals surface area contributed by atoms with Crippen LogP contribution in [-0.4, -0.2) is 34.1 Å². The summed E-state index contributed by atoms with van der Waals surface area (Å²) in [4.78, 5) is 2.30. The average Bonchev–Trinajstić information content (AvgIpc) is 2.80. The predicted octanol–water partition coefficient (Wildman–Crippen LogP) is 0.958. The molecule has 1 aliphatic rings. The van der Waals surface area contributed by atoms with Crippen molar-refractivity contribution < 1.29 is 0 Å². The number of nitrogens with two attached hydrogens (primary N) is 1. The van der Waals surface area contributed by atoms with E-state index >= 15 is 0 Å². The summed E-state index contributed by atoms with van der Waals surface area (Å²) >= 11 is 0. The van der Waals surface area contributed by atoms with Gasteiger partial charge in [0.2, 0.25) is 0 Å². The molecule has 1 saturated carbocycles. The summed E-state index contributed by atoms with van der Waals surface area (Å²) in [5.74, 6) is 0.317. The van der Waals surface area contributed by atoms with E-state index < -0.39 is 0 Å². The first-order valence-corrected chi connectivity index (χ1v) is 5.98. The molecule has 5 nitrogen and oxygen atoms in total. The van der Waals surface area contributed by atoms with Crippen molar-refractivity contribution in [2.45, 2.75) is 25.8 Å². The van der Waals surface area contributed by atoms with Gasteiger partial charge in [-0.3, -0.25) is 10.1 Å². The maximum Gasteiger partial charge on any atom is 0.0911 e. The highest BCUT2D eigenvalue weighted by atomic mass is 15.2. The van der Waals surface area contributed by atoms with Gasteiger partial charge in [0.05, 0.1) is 12.0 Å². The van der Waals surface area contributed by atoms with Crippen LogP contribution in [0, 0.1) is 10.8 Å². The Kier molecular flexibility index (Phi) is 3.19. The molecule has 0 spiro atoms. The Labute approximate surface area is 102 Å². The Morgan fingerprint density at radius 2 is 2.35 bits per heavy atom. The highest BCUT2D eigenvalue weighted by Crippen LogP contribution is 2.49. The summed E-state index contributed by atoms with van der Waals surface area (Å²) in [6.45, 7) is 1.93. The van der Waals surface area contributed by atoms with Crippen LogP contribution in [-0.2, 0) is 13.6 Å². The molecule has 17 heavy (non-hydrogen) atoms. The summed E-state index contributed by atoms with van der Waals surface area (Å²) in [7, 11) is 4.05. The summed E-state index contributed by atoms with van der Waals surface area (Å²) in [6, 6.07) is 0. The van der Waals surface area contributed by atoms with E-state index in [-0.39, 0.29) is 5.41 Å². The first-order chi connectivity index (χ1) is 7.99. The van der Waals surface area contributed by atoms with E-state index in [2.05, 4.69) is 17.0 Å². The van der Waals surface area contributed by atoms with Gasteiger partial charge in [0.25, 0.3) is 0 Å². The largest absolute Gasteiger partial charge is 0.388 e. The SMILES string of the molecule is CN(Cc1cnn(C)c1)CC1(CC(=N)N)CC1. The zero-order valence-corrected chi connectivity index (χ0v) is 10.6. The second-order valence-corrected chi connectivity index (χ2v) is 5.40. The molecule has 1 aromatic heterocycles. The van der Waals surface area contributed by atoms with E-state index in [9.17, 15) is 0 Å². The normalized spacial score (nSPS) is 17.4. The number of aryl methyl sites for hydroxylation is 1. The van der Waals surface area contributed by atoms with E-state index in [0.29, 0.717) is 5.84 Å². The fourth-order valence-corrected chi connectivity index (χ4v) is 2.47. The molecule has 1 fully saturated rings. The lowest BCUT2D eigenvalue weighted by atomic mass is 10.0. The molecule has 2 rings (SSSR count). The molecule has 0 radical (unpaired) electrons. The number of amidine groups is 1. The summed E-state index contributed by atoms with van der Waals surface area (Å²) in [6.07, 6.45) is 7.08. The van der Waals surface area contributed by atoms with E-state index in [1.807, 2.05) is 24.1 Å². The first-order valence-electron chi connectivity index (χ1n) is 5.98. The fraction of sp³-hybridized carbons (Fsp3) is 0.667.